The summed E-state index contributed by atoms with van der Waals surface area (Å²) in [5.74, 6) is -0.552. The van der Waals surface area contributed by atoms with Gasteiger partial charge in [-0.1, -0.05) is 18.2 Å². The molecule has 7 nitrogen and oxygen atoms in total. The van der Waals surface area contributed by atoms with Gasteiger partial charge in [0, 0.05) is 6.07 Å². The van der Waals surface area contributed by atoms with E-state index in [4.69, 9.17) is 9.84 Å². The summed E-state index contributed by atoms with van der Waals surface area (Å²) in [6.07, 6.45) is 1.19. The summed E-state index contributed by atoms with van der Waals surface area (Å²) < 4.78 is 6.73. The first kappa shape index (κ1) is 13.6. The molecule has 20 heavy (non-hydrogen) atoms. The monoisotopic (exact) mass is 276 g/mol. The second-order valence-electron chi connectivity index (χ2n) is 4.00. The lowest BCUT2D eigenvalue weighted by molar-refractivity contribution is -0.384. The Morgan fingerprint density at radius 2 is 2.05 bits per heavy atom. The van der Waals surface area contributed by atoms with Crippen LogP contribution < -0.4 is 4.74 Å². The summed E-state index contributed by atoms with van der Waals surface area (Å²) in [6, 6.07) is 10.1. The zero-order valence-corrected chi connectivity index (χ0v) is 10.4. The van der Waals surface area contributed by atoms with E-state index in [9.17, 15) is 14.9 Å². The Hall–Kier alpha value is -2.83. The van der Waals surface area contributed by atoms with Gasteiger partial charge in [-0.05, 0) is 12.1 Å². The Morgan fingerprint density at radius 3 is 2.65 bits per heavy atom. The summed E-state index contributed by atoms with van der Waals surface area (Å²) in [5, 5.41) is 19.6. The lowest BCUT2D eigenvalue weighted by atomic mass is 10.3. The summed E-state index contributed by atoms with van der Waals surface area (Å²) in [6.45, 7) is 0.431. The van der Waals surface area contributed by atoms with Gasteiger partial charge in [-0.25, -0.2) is 4.79 Å². The van der Waals surface area contributed by atoms with Gasteiger partial charge in [0.1, 0.15) is 18.1 Å². The van der Waals surface area contributed by atoms with Crippen molar-refractivity contribution in [2.45, 2.75) is 6.54 Å². The minimum atomic E-state index is -1.21. The molecule has 0 unspecified atom stereocenters. The van der Waals surface area contributed by atoms with Gasteiger partial charge in [-0.2, -0.15) is 0 Å². The number of aromatic nitrogens is 1. The number of hydrogen-bond donors (Lipinski definition) is 1. The molecule has 1 aromatic carbocycles. The van der Waals surface area contributed by atoms with Crippen LogP contribution in [0.25, 0.3) is 0 Å². The van der Waals surface area contributed by atoms with E-state index in [2.05, 4.69) is 0 Å². The molecular formula is C13H12N2O5. The second-order valence-corrected chi connectivity index (χ2v) is 4.00. The maximum atomic E-state index is 11.0. The molecular weight excluding hydrogens is 264 g/mol. The van der Waals surface area contributed by atoms with Crippen molar-refractivity contribution in [2.75, 3.05) is 6.61 Å². The normalized spacial score (nSPS) is 10.2. The number of nitro groups is 1. The number of carboxylic acids is 1. The Morgan fingerprint density at radius 1 is 1.35 bits per heavy atom. The molecule has 2 rings (SSSR count). The second kappa shape index (κ2) is 5.87. The van der Waals surface area contributed by atoms with Gasteiger partial charge in [0.25, 0.3) is 5.69 Å². The van der Waals surface area contributed by atoms with Crippen LogP contribution in [0.15, 0.2) is 42.6 Å². The minimum absolute atomic E-state index is 0.131. The molecule has 0 bridgehead atoms. The van der Waals surface area contributed by atoms with Crippen molar-refractivity contribution >= 4 is 11.7 Å². The molecule has 1 aromatic heterocycles. The van der Waals surface area contributed by atoms with Gasteiger partial charge in [0.2, 0.25) is 0 Å². The van der Waals surface area contributed by atoms with Crippen molar-refractivity contribution in [3.63, 3.8) is 0 Å². The molecule has 0 aliphatic heterocycles. The van der Waals surface area contributed by atoms with E-state index < -0.39 is 10.9 Å². The molecule has 104 valence electrons. The predicted molar refractivity (Wildman–Crippen MR) is 70.0 cm³/mol. The summed E-state index contributed by atoms with van der Waals surface area (Å²) >= 11 is 0. The van der Waals surface area contributed by atoms with Gasteiger partial charge >= 0.3 is 5.97 Å². The Labute approximate surface area is 114 Å². The van der Waals surface area contributed by atoms with Gasteiger partial charge in [-0.15, -0.1) is 0 Å². The Balaban J connectivity index is 2.05. The van der Waals surface area contributed by atoms with Crippen LogP contribution in [0.4, 0.5) is 5.69 Å². The van der Waals surface area contributed by atoms with Gasteiger partial charge < -0.3 is 14.4 Å². The molecule has 1 N–H and O–H groups in total. The van der Waals surface area contributed by atoms with Crippen molar-refractivity contribution in [1.29, 1.82) is 0 Å². The van der Waals surface area contributed by atoms with Crippen LogP contribution in [0.2, 0.25) is 0 Å². The summed E-state index contributed by atoms with van der Waals surface area (Å²) in [5.41, 5.74) is -0.379. The van der Waals surface area contributed by atoms with Gasteiger partial charge in [0.15, 0.2) is 0 Å². The molecule has 0 aliphatic carbocycles. The number of para-hydroxylation sites is 1. The number of aromatic carboxylic acids is 1. The van der Waals surface area contributed by atoms with Crippen molar-refractivity contribution in [1.82, 2.24) is 4.57 Å². The molecule has 0 atom stereocenters. The van der Waals surface area contributed by atoms with E-state index in [1.165, 1.54) is 10.8 Å². The standard InChI is InChI=1S/C13H12N2O5/c16-13(17)12-8-10(15(18)19)9-14(12)6-7-20-11-4-2-1-3-5-11/h1-5,8-9H,6-7H2,(H,16,17). The number of benzene rings is 1. The number of carboxylic acid groups (broad SMARTS) is 1. The molecule has 0 radical (unpaired) electrons. The number of nitrogens with zero attached hydrogens (tertiary/aromatic N) is 2. The van der Waals surface area contributed by atoms with Gasteiger partial charge in [-0.3, -0.25) is 10.1 Å². The van der Waals surface area contributed by atoms with Crippen LogP contribution in [-0.4, -0.2) is 27.2 Å². The van der Waals surface area contributed by atoms with Crippen molar-refractivity contribution in [2.24, 2.45) is 0 Å². The maximum Gasteiger partial charge on any atom is 0.352 e. The number of ether oxygens (including phenoxy) is 1. The first-order chi connectivity index (χ1) is 9.58. The first-order valence-electron chi connectivity index (χ1n) is 5.83. The molecule has 0 fully saturated rings. The molecule has 0 aliphatic rings. The fraction of sp³-hybridized carbons (Fsp3) is 0.154. The van der Waals surface area contributed by atoms with E-state index in [-0.39, 0.29) is 24.5 Å². The third-order valence-corrected chi connectivity index (χ3v) is 2.66. The average Bonchev–Trinajstić information content (AvgIpc) is 2.84. The van der Waals surface area contributed by atoms with Crippen LogP contribution in [-0.2, 0) is 6.54 Å². The largest absolute Gasteiger partial charge is 0.492 e. The quantitative estimate of drug-likeness (QED) is 0.644. The first-order valence-corrected chi connectivity index (χ1v) is 5.83. The van der Waals surface area contributed by atoms with E-state index in [1.807, 2.05) is 18.2 Å². The lowest BCUT2D eigenvalue weighted by Crippen LogP contribution is -2.12. The predicted octanol–water partition coefficient (Wildman–Crippen LogP) is 2.17. The molecule has 7 heteroatoms. The van der Waals surface area contributed by atoms with Crippen molar-refractivity contribution in [3.05, 3.63) is 58.4 Å². The van der Waals surface area contributed by atoms with E-state index >= 15 is 0 Å². The molecule has 1 heterocycles. The lowest BCUT2D eigenvalue weighted by Gasteiger charge is -2.08. The van der Waals surface area contributed by atoms with Crippen molar-refractivity contribution < 1.29 is 19.6 Å². The highest BCUT2D eigenvalue weighted by atomic mass is 16.6. The van der Waals surface area contributed by atoms with Crippen LogP contribution in [0.3, 0.4) is 0 Å². The van der Waals surface area contributed by atoms with Gasteiger partial charge in [0.05, 0.1) is 17.7 Å². The fourth-order valence-corrected chi connectivity index (χ4v) is 1.74. The van der Waals surface area contributed by atoms with E-state index in [1.54, 1.807) is 12.1 Å². The van der Waals surface area contributed by atoms with Crippen LogP contribution in [0, 0.1) is 10.1 Å². The number of hydrogen-bond acceptors (Lipinski definition) is 4. The summed E-state index contributed by atoms with van der Waals surface area (Å²) in [7, 11) is 0. The van der Waals surface area contributed by atoms with Crippen molar-refractivity contribution in [3.8, 4) is 5.75 Å². The summed E-state index contributed by atoms with van der Waals surface area (Å²) in [4.78, 5) is 21.0. The molecule has 2 aromatic rings. The smallest absolute Gasteiger partial charge is 0.352 e. The zero-order chi connectivity index (χ0) is 14.5. The third-order valence-electron chi connectivity index (χ3n) is 2.66. The minimum Gasteiger partial charge on any atom is -0.492 e. The number of rotatable bonds is 6. The van der Waals surface area contributed by atoms with Crippen LogP contribution in [0.5, 0.6) is 5.75 Å². The van der Waals surface area contributed by atoms with E-state index in [0.717, 1.165) is 6.07 Å². The SMILES string of the molecule is O=C(O)c1cc([N+](=O)[O-])cn1CCOc1ccccc1. The molecule has 0 spiro atoms. The molecule has 0 saturated heterocycles. The highest BCUT2D eigenvalue weighted by Crippen LogP contribution is 2.17. The number of carbonyl (C=O) groups is 1. The highest BCUT2D eigenvalue weighted by Gasteiger charge is 2.18. The average molecular weight is 276 g/mol. The molecule has 0 saturated carbocycles. The third kappa shape index (κ3) is 3.14. The maximum absolute atomic E-state index is 11.0. The molecule has 0 amide bonds. The zero-order valence-electron chi connectivity index (χ0n) is 10.4. The topological polar surface area (TPSA) is 94.6 Å². The fourth-order valence-electron chi connectivity index (χ4n) is 1.74. The van der Waals surface area contributed by atoms with E-state index in [0.29, 0.717) is 5.75 Å². The van der Waals surface area contributed by atoms with Crippen LogP contribution in [0.1, 0.15) is 10.5 Å². The Kier molecular flexibility index (Phi) is 3.99. The highest BCUT2D eigenvalue weighted by molar-refractivity contribution is 5.86. The Bertz CT molecular complexity index is 621. The van der Waals surface area contributed by atoms with Crippen LogP contribution >= 0.6 is 0 Å².